The molecule has 1 fully saturated rings. The SMILES string of the molecule is CC(C)(C)OC(=O)NC1=NC2(CO1)c1cc(Br)ccc1OC(Cc1ccccc1)C21COC1. The topological polar surface area (TPSA) is 78.4 Å². The number of fused-ring (bicyclic) bond motifs is 3. The van der Waals surface area contributed by atoms with Crippen LogP contribution in [0.1, 0.15) is 31.9 Å². The number of aliphatic imine (C=N–C) groups is 1. The first kappa shape index (κ1) is 22.2. The Morgan fingerprint density at radius 1 is 1.18 bits per heavy atom. The molecular formula is C25H27BrN2O5. The van der Waals surface area contributed by atoms with Gasteiger partial charge in [0.1, 0.15) is 29.6 Å². The van der Waals surface area contributed by atoms with Gasteiger partial charge in [-0.3, -0.25) is 0 Å². The molecule has 3 aliphatic heterocycles. The second-order valence-corrected chi connectivity index (χ2v) is 10.7. The Bertz CT molecular complexity index is 1090. The molecule has 8 heteroatoms. The molecule has 1 saturated heterocycles. The van der Waals surface area contributed by atoms with E-state index in [1.807, 2.05) is 57.2 Å². The van der Waals surface area contributed by atoms with E-state index >= 15 is 0 Å². The smallest absolute Gasteiger partial charge is 0.415 e. The van der Waals surface area contributed by atoms with Crippen molar-refractivity contribution in [2.75, 3.05) is 19.8 Å². The number of carbonyl (C=O) groups excluding carboxylic acids is 1. The Labute approximate surface area is 201 Å². The number of amidine groups is 1. The fourth-order valence-corrected chi connectivity index (χ4v) is 5.16. The van der Waals surface area contributed by atoms with E-state index in [9.17, 15) is 4.79 Å². The lowest BCUT2D eigenvalue weighted by atomic mass is 9.59. The molecule has 33 heavy (non-hydrogen) atoms. The van der Waals surface area contributed by atoms with Crippen molar-refractivity contribution < 1.29 is 23.7 Å². The zero-order valence-electron chi connectivity index (χ0n) is 18.9. The summed E-state index contributed by atoms with van der Waals surface area (Å²) < 4.78 is 24.6. The largest absolute Gasteiger partial charge is 0.489 e. The zero-order valence-corrected chi connectivity index (χ0v) is 20.5. The first-order valence-corrected chi connectivity index (χ1v) is 11.8. The second kappa shape index (κ2) is 8.02. The third-order valence-electron chi connectivity index (χ3n) is 6.40. The van der Waals surface area contributed by atoms with Gasteiger partial charge in [-0.15, -0.1) is 0 Å². The number of amides is 1. The summed E-state index contributed by atoms with van der Waals surface area (Å²) in [5.74, 6) is 0.766. The maximum absolute atomic E-state index is 12.4. The molecule has 2 unspecified atom stereocenters. The van der Waals surface area contributed by atoms with Gasteiger partial charge in [-0.05, 0) is 44.5 Å². The molecule has 5 rings (SSSR count). The van der Waals surface area contributed by atoms with Crippen LogP contribution in [-0.4, -0.2) is 43.6 Å². The molecule has 1 amide bonds. The summed E-state index contributed by atoms with van der Waals surface area (Å²) in [6, 6.07) is 16.4. The molecule has 3 aliphatic rings. The van der Waals surface area contributed by atoms with Crippen molar-refractivity contribution in [2.45, 2.75) is 44.4 Å². The predicted octanol–water partition coefficient (Wildman–Crippen LogP) is 4.58. The Kier molecular flexibility index (Phi) is 5.40. The fraction of sp³-hybridized carbons (Fsp3) is 0.440. The average Bonchev–Trinajstić information content (AvgIpc) is 3.11. The van der Waals surface area contributed by atoms with E-state index in [1.54, 1.807) is 0 Å². The summed E-state index contributed by atoms with van der Waals surface area (Å²) in [7, 11) is 0. The molecule has 174 valence electrons. The molecule has 3 heterocycles. The molecule has 2 aromatic carbocycles. The summed E-state index contributed by atoms with van der Waals surface area (Å²) in [5, 5.41) is 2.68. The highest BCUT2D eigenvalue weighted by Gasteiger charge is 2.68. The number of alkyl carbamates (subject to hydrolysis) is 1. The Morgan fingerprint density at radius 2 is 1.94 bits per heavy atom. The number of halogens is 1. The van der Waals surface area contributed by atoms with Crippen LogP contribution < -0.4 is 10.1 Å². The highest BCUT2D eigenvalue weighted by atomic mass is 79.9. The molecule has 0 aromatic heterocycles. The van der Waals surface area contributed by atoms with E-state index in [0.29, 0.717) is 19.6 Å². The third-order valence-corrected chi connectivity index (χ3v) is 6.89. The third kappa shape index (κ3) is 3.89. The van der Waals surface area contributed by atoms with Gasteiger partial charge in [0, 0.05) is 16.5 Å². The summed E-state index contributed by atoms with van der Waals surface area (Å²) in [6.45, 7) is 6.69. The van der Waals surface area contributed by atoms with Crippen LogP contribution >= 0.6 is 15.9 Å². The van der Waals surface area contributed by atoms with Gasteiger partial charge in [0.15, 0.2) is 0 Å². The maximum atomic E-state index is 12.4. The van der Waals surface area contributed by atoms with E-state index in [2.05, 4.69) is 33.4 Å². The van der Waals surface area contributed by atoms with Gasteiger partial charge >= 0.3 is 6.09 Å². The van der Waals surface area contributed by atoms with Gasteiger partial charge in [0.25, 0.3) is 6.02 Å². The van der Waals surface area contributed by atoms with Crippen LogP contribution in [0.25, 0.3) is 0 Å². The van der Waals surface area contributed by atoms with E-state index in [0.717, 1.165) is 15.8 Å². The zero-order chi connectivity index (χ0) is 23.3. The number of carbonyl (C=O) groups is 1. The summed E-state index contributed by atoms with van der Waals surface area (Å²) in [6.07, 6.45) is -0.0543. The minimum absolute atomic E-state index is 0.154. The van der Waals surface area contributed by atoms with Crippen molar-refractivity contribution in [3.8, 4) is 5.75 Å². The number of hydrogen-bond donors (Lipinski definition) is 1. The van der Waals surface area contributed by atoms with Gasteiger partial charge in [0.2, 0.25) is 0 Å². The van der Waals surface area contributed by atoms with Crippen LogP contribution in [0.5, 0.6) is 5.75 Å². The molecule has 7 nitrogen and oxygen atoms in total. The van der Waals surface area contributed by atoms with Crippen LogP contribution in [0.4, 0.5) is 4.79 Å². The summed E-state index contributed by atoms with van der Waals surface area (Å²) in [5.41, 5.74) is 0.284. The number of nitrogens with one attached hydrogen (secondary N) is 1. The van der Waals surface area contributed by atoms with Crippen molar-refractivity contribution in [2.24, 2.45) is 10.4 Å². The van der Waals surface area contributed by atoms with E-state index in [-0.39, 0.29) is 18.7 Å². The lowest BCUT2D eigenvalue weighted by Gasteiger charge is -2.57. The van der Waals surface area contributed by atoms with Crippen molar-refractivity contribution in [3.05, 3.63) is 64.1 Å². The van der Waals surface area contributed by atoms with Crippen LogP contribution in [0, 0.1) is 5.41 Å². The maximum Gasteiger partial charge on any atom is 0.415 e. The van der Waals surface area contributed by atoms with Crippen LogP contribution in [0.2, 0.25) is 0 Å². The van der Waals surface area contributed by atoms with Gasteiger partial charge < -0.3 is 18.9 Å². The van der Waals surface area contributed by atoms with E-state index < -0.39 is 22.6 Å². The Hall–Kier alpha value is -2.58. The minimum atomic E-state index is -0.758. The molecule has 2 atom stereocenters. The average molecular weight is 515 g/mol. The molecule has 0 radical (unpaired) electrons. The fourth-order valence-electron chi connectivity index (χ4n) is 4.80. The highest BCUT2D eigenvalue weighted by molar-refractivity contribution is 9.10. The summed E-state index contributed by atoms with van der Waals surface area (Å²) >= 11 is 3.59. The number of nitrogens with zero attached hydrogens (tertiary/aromatic N) is 1. The number of benzene rings is 2. The standard InChI is InChI=1S/C25H27BrN2O5/c1-23(2,3)33-22(29)27-21-28-25(15-31-21)18-12-17(26)9-10-19(18)32-20(24(25)13-30-14-24)11-16-7-5-4-6-8-16/h4-10,12,20H,11,13-15H2,1-3H3,(H,27,28,29). The van der Waals surface area contributed by atoms with E-state index in [4.69, 9.17) is 23.9 Å². The Balaban J connectivity index is 1.55. The summed E-state index contributed by atoms with van der Waals surface area (Å²) in [4.78, 5) is 17.4. The number of ether oxygens (including phenoxy) is 4. The second-order valence-electron chi connectivity index (χ2n) is 9.78. The minimum Gasteiger partial charge on any atom is -0.489 e. The van der Waals surface area contributed by atoms with Crippen molar-refractivity contribution >= 4 is 28.0 Å². The molecule has 2 spiro atoms. The highest BCUT2D eigenvalue weighted by Crippen LogP contribution is 2.59. The van der Waals surface area contributed by atoms with Gasteiger partial charge in [0.05, 0.1) is 18.6 Å². The quantitative estimate of drug-likeness (QED) is 0.634. The monoisotopic (exact) mass is 514 g/mol. The molecular weight excluding hydrogens is 488 g/mol. The lowest BCUT2D eigenvalue weighted by molar-refractivity contribution is -0.215. The Morgan fingerprint density at radius 3 is 2.61 bits per heavy atom. The predicted molar refractivity (Wildman–Crippen MR) is 126 cm³/mol. The molecule has 0 saturated carbocycles. The molecule has 0 aliphatic carbocycles. The number of hydrogen-bond acceptors (Lipinski definition) is 6. The van der Waals surface area contributed by atoms with Crippen LogP contribution in [0.15, 0.2) is 58.0 Å². The molecule has 1 N–H and O–H groups in total. The van der Waals surface area contributed by atoms with Crippen LogP contribution in [-0.2, 0) is 26.2 Å². The van der Waals surface area contributed by atoms with Crippen molar-refractivity contribution in [1.82, 2.24) is 5.32 Å². The van der Waals surface area contributed by atoms with Gasteiger partial charge in [-0.1, -0.05) is 46.3 Å². The molecule has 0 bridgehead atoms. The first-order valence-electron chi connectivity index (χ1n) is 11.0. The first-order chi connectivity index (χ1) is 15.7. The normalized spacial score (nSPS) is 24.8. The number of rotatable bonds is 2. The van der Waals surface area contributed by atoms with Gasteiger partial charge in [-0.2, -0.15) is 0 Å². The van der Waals surface area contributed by atoms with Crippen LogP contribution in [0.3, 0.4) is 0 Å². The van der Waals surface area contributed by atoms with Crippen molar-refractivity contribution in [1.29, 1.82) is 0 Å². The van der Waals surface area contributed by atoms with Crippen molar-refractivity contribution in [3.63, 3.8) is 0 Å². The van der Waals surface area contributed by atoms with E-state index in [1.165, 1.54) is 5.56 Å². The molecule has 2 aromatic rings. The lowest BCUT2D eigenvalue weighted by Crippen LogP contribution is -2.68. The van der Waals surface area contributed by atoms with Gasteiger partial charge in [-0.25, -0.2) is 15.1 Å².